The molecule has 40 heavy (non-hydrogen) atoms. The van der Waals surface area contributed by atoms with Gasteiger partial charge in [0.2, 0.25) is 6.20 Å². The highest BCUT2D eigenvalue weighted by atomic mass is 19.4. The Morgan fingerprint density at radius 2 is 1.57 bits per heavy atom. The molecule has 1 heterocycles. The Kier molecular flexibility index (Phi) is 11.2. The first-order chi connectivity index (χ1) is 19.2. The summed E-state index contributed by atoms with van der Waals surface area (Å²) in [6, 6.07) is 20.3. The lowest BCUT2D eigenvalue weighted by Gasteiger charge is -2.17. The molecule has 3 aromatic rings. The molecule has 1 N–H and O–H groups in total. The molecule has 0 aliphatic carbocycles. The van der Waals surface area contributed by atoms with Crippen LogP contribution in [0.2, 0.25) is 0 Å². The quantitative estimate of drug-likeness (QED) is 0.204. The van der Waals surface area contributed by atoms with Gasteiger partial charge < -0.3 is 10.1 Å². The van der Waals surface area contributed by atoms with Gasteiger partial charge in [-0.15, -0.1) is 0 Å². The summed E-state index contributed by atoms with van der Waals surface area (Å²) >= 11 is 0. The first-order valence-electron chi connectivity index (χ1n) is 13.1. The second kappa shape index (κ2) is 14.8. The third kappa shape index (κ3) is 9.52. The van der Waals surface area contributed by atoms with Crippen LogP contribution in [0.3, 0.4) is 0 Å². The first-order valence-corrected chi connectivity index (χ1v) is 13.1. The molecule has 7 nitrogen and oxygen atoms in total. The number of benzene rings is 2. The highest BCUT2D eigenvalue weighted by Gasteiger charge is 2.45. The molecule has 10 heteroatoms. The molecule has 0 radical (unpaired) electrons. The van der Waals surface area contributed by atoms with E-state index in [1.54, 1.807) is 37.3 Å². The van der Waals surface area contributed by atoms with Crippen LogP contribution in [0.25, 0.3) is 11.1 Å². The molecule has 0 bridgehead atoms. The minimum atomic E-state index is -5.22. The Labute approximate surface area is 230 Å². The van der Waals surface area contributed by atoms with E-state index in [2.05, 4.69) is 10.2 Å². The van der Waals surface area contributed by atoms with E-state index in [-0.39, 0.29) is 18.1 Å². The predicted octanol–water partition coefficient (Wildman–Crippen LogP) is 6.06. The van der Waals surface area contributed by atoms with Gasteiger partial charge in [-0.05, 0) is 29.5 Å². The minimum absolute atomic E-state index is 0.00830. The monoisotopic (exact) mass is 557 g/mol. The van der Waals surface area contributed by atoms with Crippen LogP contribution >= 0.6 is 0 Å². The molecule has 3 rings (SSSR count). The molecule has 0 aliphatic heterocycles. The van der Waals surface area contributed by atoms with Crippen LogP contribution in [0.5, 0.6) is 0 Å². The molecule has 2 aromatic carbocycles. The fourth-order valence-corrected chi connectivity index (χ4v) is 4.02. The number of unbranched alkanes of at least 4 members (excludes halogenated alkanes) is 2. The van der Waals surface area contributed by atoms with Gasteiger partial charge in [0.25, 0.3) is 5.69 Å². The number of hydrogen-bond donors (Lipinski definition) is 1. The molecular formula is C30H32F3N2O5+. The number of ketones is 1. The minimum Gasteiger partial charge on any atom is -0.445 e. The predicted molar refractivity (Wildman–Crippen MR) is 141 cm³/mol. The van der Waals surface area contributed by atoms with Gasteiger partial charge in [-0.25, -0.2) is 9.59 Å². The SMILES string of the molecule is CCC(=O)CCCCC[C@H](NC(=O)OCc1ccccc1)c1cc(-c2ccccc2)cc[n+]1OC(=O)C(F)(F)F. The molecule has 1 aromatic heterocycles. The van der Waals surface area contributed by atoms with Crippen molar-refractivity contribution in [3.05, 3.63) is 90.3 Å². The lowest BCUT2D eigenvalue weighted by molar-refractivity contribution is -0.876. The van der Waals surface area contributed by atoms with Crippen molar-refractivity contribution in [1.82, 2.24) is 5.32 Å². The van der Waals surface area contributed by atoms with Gasteiger partial charge in [-0.2, -0.15) is 18.0 Å². The van der Waals surface area contributed by atoms with Crippen molar-refractivity contribution in [2.24, 2.45) is 0 Å². The Morgan fingerprint density at radius 3 is 2.23 bits per heavy atom. The van der Waals surface area contributed by atoms with Crippen LogP contribution in [0, 0.1) is 0 Å². The number of ether oxygens (including phenoxy) is 1. The van der Waals surface area contributed by atoms with Crippen molar-refractivity contribution in [2.75, 3.05) is 0 Å². The maximum absolute atomic E-state index is 13.1. The van der Waals surface area contributed by atoms with Crippen LogP contribution in [0.1, 0.15) is 62.7 Å². The summed E-state index contributed by atoms with van der Waals surface area (Å²) in [5.74, 6) is -2.25. The van der Waals surface area contributed by atoms with Crippen LogP contribution in [-0.2, 0) is 20.9 Å². The van der Waals surface area contributed by atoms with Crippen LogP contribution < -0.4 is 14.9 Å². The summed E-state index contributed by atoms with van der Waals surface area (Å²) in [6.07, 6.45) is -1.76. The van der Waals surface area contributed by atoms with Gasteiger partial charge in [0.1, 0.15) is 18.4 Å². The molecule has 0 spiro atoms. The van der Waals surface area contributed by atoms with E-state index in [0.717, 1.165) is 15.9 Å². The zero-order valence-electron chi connectivity index (χ0n) is 22.2. The van der Waals surface area contributed by atoms with Gasteiger partial charge in [-0.1, -0.05) is 80.4 Å². The number of hydrogen-bond acceptors (Lipinski definition) is 5. The summed E-state index contributed by atoms with van der Waals surface area (Å²) in [5, 5.41) is 2.72. The van der Waals surface area contributed by atoms with Crippen LogP contribution in [0.15, 0.2) is 79.0 Å². The van der Waals surface area contributed by atoms with E-state index in [1.807, 2.05) is 36.4 Å². The largest absolute Gasteiger partial charge is 0.498 e. The lowest BCUT2D eigenvalue weighted by atomic mass is 10.00. The molecular weight excluding hydrogens is 525 g/mol. The van der Waals surface area contributed by atoms with E-state index in [4.69, 9.17) is 4.74 Å². The number of nitrogens with one attached hydrogen (secondary N) is 1. The molecule has 0 saturated carbocycles. The molecule has 212 valence electrons. The van der Waals surface area contributed by atoms with Crippen molar-refractivity contribution < 1.29 is 41.9 Å². The Morgan fingerprint density at radius 1 is 0.900 bits per heavy atom. The molecule has 0 unspecified atom stereocenters. The standard InChI is InChI=1S/C30H31F3N2O5/c1-2-25(36)16-10-5-11-17-26(34-29(38)39-21-22-12-6-3-7-13-22)27-20-24(23-14-8-4-9-15-23)18-19-35(27)40-28(37)30(31,32)33/h3-4,6-9,12-15,18-20,26H,2,5,10-11,16-17,21H2,1H3/p+1/t26-/m0/s1. The van der Waals surface area contributed by atoms with Crippen LogP contribution in [-0.4, -0.2) is 24.0 Å². The number of Topliss-reactive ketones (excluding diaryl/α,β-unsaturated/α-hetero) is 1. The lowest BCUT2D eigenvalue weighted by Crippen LogP contribution is -2.54. The van der Waals surface area contributed by atoms with Crippen molar-refractivity contribution in [1.29, 1.82) is 0 Å². The fourth-order valence-electron chi connectivity index (χ4n) is 4.02. The van der Waals surface area contributed by atoms with E-state index >= 15 is 0 Å². The third-order valence-electron chi connectivity index (χ3n) is 6.17. The normalized spacial score (nSPS) is 11.9. The van der Waals surface area contributed by atoms with E-state index in [9.17, 15) is 27.6 Å². The number of nitrogens with zero attached hydrogens (tertiary/aromatic N) is 1. The number of halogens is 3. The highest BCUT2D eigenvalue weighted by molar-refractivity contribution is 5.77. The van der Waals surface area contributed by atoms with Gasteiger partial charge in [-0.3, -0.25) is 4.79 Å². The summed E-state index contributed by atoms with van der Waals surface area (Å²) in [5.41, 5.74) is 2.31. The molecule has 0 saturated heterocycles. The number of alkyl halides is 3. The van der Waals surface area contributed by atoms with Crippen LogP contribution in [0.4, 0.5) is 18.0 Å². The van der Waals surface area contributed by atoms with Crippen molar-refractivity contribution >= 4 is 17.8 Å². The Bertz CT molecular complexity index is 1270. The Balaban J connectivity index is 1.88. The van der Waals surface area contributed by atoms with Gasteiger partial charge in [0.05, 0.1) is 0 Å². The van der Waals surface area contributed by atoms with Crippen molar-refractivity contribution in [2.45, 2.75) is 64.3 Å². The second-order valence-corrected chi connectivity index (χ2v) is 9.16. The number of rotatable bonds is 13. The maximum atomic E-state index is 13.1. The summed E-state index contributed by atoms with van der Waals surface area (Å²) < 4.78 is 45.3. The second-order valence-electron chi connectivity index (χ2n) is 9.16. The number of carbonyl (C=O) groups excluding carboxylic acids is 3. The average Bonchev–Trinajstić information content (AvgIpc) is 2.96. The summed E-state index contributed by atoms with van der Waals surface area (Å²) in [6.45, 7) is 1.79. The third-order valence-corrected chi connectivity index (χ3v) is 6.17. The molecule has 1 atom stereocenters. The summed E-state index contributed by atoms with van der Waals surface area (Å²) in [7, 11) is 0. The van der Waals surface area contributed by atoms with Gasteiger partial charge >= 0.3 is 18.2 Å². The zero-order chi connectivity index (χ0) is 29.0. The Hall–Kier alpha value is -4.21. The maximum Gasteiger partial charge on any atom is 0.498 e. The number of alkyl carbamates (subject to hydrolysis) is 1. The average molecular weight is 558 g/mol. The van der Waals surface area contributed by atoms with Gasteiger partial charge in [0, 0.05) is 29.7 Å². The smallest absolute Gasteiger partial charge is 0.445 e. The molecule has 0 aliphatic rings. The van der Waals surface area contributed by atoms with E-state index in [1.165, 1.54) is 12.3 Å². The first kappa shape index (κ1) is 30.3. The number of pyridine rings is 1. The van der Waals surface area contributed by atoms with Crippen molar-refractivity contribution in [3.63, 3.8) is 0 Å². The number of amides is 1. The zero-order valence-corrected chi connectivity index (χ0v) is 22.2. The number of carbonyl (C=O) groups is 3. The molecule has 0 fully saturated rings. The number of aromatic nitrogens is 1. The highest BCUT2D eigenvalue weighted by Crippen LogP contribution is 2.25. The van der Waals surface area contributed by atoms with Gasteiger partial charge in [0.15, 0.2) is 0 Å². The molecule has 1 amide bonds. The topological polar surface area (TPSA) is 85.6 Å². The van der Waals surface area contributed by atoms with E-state index < -0.39 is 24.3 Å². The summed E-state index contributed by atoms with van der Waals surface area (Å²) in [4.78, 5) is 40.8. The van der Waals surface area contributed by atoms with Crippen molar-refractivity contribution in [3.8, 4) is 11.1 Å². The fraction of sp³-hybridized carbons (Fsp3) is 0.333. The van der Waals surface area contributed by atoms with E-state index in [0.29, 0.717) is 44.1 Å².